The Hall–Kier alpha value is -3.72. The number of amides is 4. The van der Waals surface area contributed by atoms with Crippen LogP contribution < -0.4 is 24.4 Å². The van der Waals surface area contributed by atoms with Gasteiger partial charge in [0.05, 0.1) is 30.0 Å². The summed E-state index contributed by atoms with van der Waals surface area (Å²) >= 11 is 18.4. The number of carbonyl (C=O) groups is 3. The number of rotatable bonds is 7. The molecule has 37 heavy (non-hydrogen) atoms. The lowest BCUT2D eigenvalue weighted by atomic mass is 10.1. The summed E-state index contributed by atoms with van der Waals surface area (Å²) in [5, 5.41) is 3.27. The molecule has 1 N–H and O–H groups in total. The second-order valence-electron chi connectivity index (χ2n) is 7.72. The van der Waals surface area contributed by atoms with Crippen LogP contribution in [-0.2, 0) is 16.2 Å². The minimum absolute atomic E-state index is 0.0497. The van der Waals surface area contributed by atoms with E-state index in [2.05, 4.69) is 5.32 Å². The van der Waals surface area contributed by atoms with Crippen LogP contribution in [-0.4, -0.2) is 32.1 Å². The highest BCUT2D eigenvalue weighted by Crippen LogP contribution is 2.39. The number of benzene rings is 3. The maximum atomic E-state index is 13.3. The van der Waals surface area contributed by atoms with Crippen molar-refractivity contribution < 1.29 is 28.6 Å². The van der Waals surface area contributed by atoms with Gasteiger partial charge in [0.2, 0.25) is 0 Å². The third-order valence-corrected chi connectivity index (χ3v) is 6.21. The van der Waals surface area contributed by atoms with Gasteiger partial charge < -0.3 is 14.2 Å². The summed E-state index contributed by atoms with van der Waals surface area (Å²) in [5.41, 5.74) is 1.10. The SMILES string of the molecule is COc1cc(N2C(=O)NC(=O)/C(=C\c3ccc(OCc4ccc(Cl)cc4)c(Cl)c3)C2=O)c(OC)cc1Cl. The zero-order chi connectivity index (χ0) is 26.7. The first-order chi connectivity index (χ1) is 17.7. The topological polar surface area (TPSA) is 94.2 Å². The maximum Gasteiger partial charge on any atom is 0.336 e. The van der Waals surface area contributed by atoms with Crippen LogP contribution in [0, 0.1) is 0 Å². The van der Waals surface area contributed by atoms with Gasteiger partial charge in [-0.05, 0) is 41.5 Å². The standard InChI is InChI=1S/C26H19Cl3N2O6/c1-35-22-12-20(23(36-2)11-19(22)29)31-25(33)17(24(32)30-26(31)34)9-15-5-8-21(18(28)10-15)37-13-14-3-6-16(27)7-4-14/h3-12H,13H2,1-2H3,(H,30,32,34)/b17-9+. The molecule has 4 rings (SSSR count). The number of nitrogens with zero attached hydrogens (tertiary/aromatic N) is 1. The summed E-state index contributed by atoms with van der Waals surface area (Å²) in [6, 6.07) is 13.8. The minimum atomic E-state index is -0.946. The van der Waals surface area contributed by atoms with Gasteiger partial charge in [0.15, 0.2) is 0 Å². The van der Waals surface area contributed by atoms with Crippen molar-refractivity contribution >= 4 is 64.4 Å². The van der Waals surface area contributed by atoms with Gasteiger partial charge in [0.1, 0.15) is 29.4 Å². The molecule has 11 heteroatoms. The molecule has 4 amide bonds. The van der Waals surface area contributed by atoms with Gasteiger partial charge >= 0.3 is 6.03 Å². The van der Waals surface area contributed by atoms with E-state index >= 15 is 0 Å². The lowest BCUT2D eigenvalue weighted by Gasteiger charge is -2.28. The first kappa shape index (κ1) is 26.3. The number of carbonyl (C=O) groups excluding carboxylic acids is 3. The van der Waals surface area contributed by atoms with Gasteiger partial charge in [-0.15, -0.1) is 0 Å². The van der Waals surface area contributed by atoms with Gasteiger partial charge in [0.25, 0.3) is 11.8 Å². The second-order valence-corrected chi connectivity index (χ2v) is 8.97. The summed E-state index contributed by atoms with van der Waals surface area (Å²) in [6.45, 7) is 0.266. The molecule has 1 aliphatic heterocycles. The average molecular weight is 562 g/mol. The fourth-order valence-electron chi connectivity index (χ4n) is 3.53. The van der Waals surface area contributed by atoms with Crippen molar-refractivity contribution in [2.75, 3.05) is 19.1 Å². The van der Waals surface area contributed by atoms with Crippen LogP contribution in [0.15, 0.2) is 60.2 Å². The number of hydrogen-bond donors (Lipinski definition) is 1. The fraction of sp³-hybridized carbons (Fsp3) is 0.115. The normalized spacial score (nSPS) is 14.6. The van der Waals surface area contributed by atoms with Crippen molar-refractivity contribution in [3.8, 4) is 17.2 Å². The molecule has 0 aliphatic carbocycles. The Morgan fingerprint density at radius 2 is 1.51 bits per heavy atom. The molecule has 0 unspecified atom stereocenters. The number of urea groups is 1. The minimum Gasteiger partial charge on any atom is -0.495 e. The Morgan fingerprint density at radius 1 is 0.838 bits per heavy atom. The second kappa shape index (κ2) is 11.1. The van der Waals surface area contributed by atoms with E-state index in [0.717, 1.165) is 10.5 Å². The molecule has 1 heterocycles. The van der Waals surface area contributed by atoms with Crippen molar-refractivity contribution in [1.29, 1.82) is 0 Å². The van der Waals surface area contributed by atoms with Crippen molar-refractivity contribution in [1.82, 2.24) is 5.32 Å². The largest absolute Gasteiger partial charge is 0.495 e. The molecule has 3 aromatic carbocycles. The molecule has 0 radical (unpaired) electrons. The highest BCUT2D eigenvalue weighted by atomic mass is 35.5. The van der Waals surface area contributed by atoms with Crippen LogP contribution >= 0.6 is 34.8 Å². The first-order valence-electron chi connectivity index (χ1n) is 10.7. The van der Waals surface area contributed by atoms with Gasteiger partial charge in [-0.2, -0.15) is 0 Å². The molecule has 0 saturated carbocycles. The molecule has 1 fully saturated rings. The third-order valence-electron chi connectivity index (χ3n) is 5.37. The predicted octanol–water partition coefficient (Wildman–Crippen LogP) is 5.91. The van der Waals surface area contributed by atoms with Crippen LogP contribution in [0.2, 0.25) is 15.1 Å². The number of halogens is 3. The molecule has 0 bridgehead atoms. The monoisotopic (exact) mass is 560 g/mol. The smallest absolute Gasteiger partial charge is 0.336 e. The van der Waals surface area contributed by atoms with Gasteiger partial charge in [-0.1, -0.05) is 53.0 Å². The lowest BCUT2D eigenvalue weighted by molar-refractivity contribution is -0.122. The summed E-state index contributed by atoms with van der Waals surface area (Å²) in [4.78, 5) is 39.3. The number of anilines is 1. The van der Waals surface area contributed by atoms with Crippen molar-refractivity contribution in [3.63, 3.8) is 0 Å². The molecule has 0 aromatic heterocycles. The summed E-state index contributed by atoms with van der Waals surface area (Å²) < 4.78 is 16.3. The van der Waals surface area contributed by atoms with Crippen LogP contribution in [0.1, 0.15) is 11.1 Å². The van der Waals surface area contributed by atoms with E-state index in [-0.39, 0.29) is 39.4 Å². The Bertz CT molecular complexity index is 1420. The van der Waals surface area contributed by atoms with Gasteiger partial charge in [-0.25, -0.2) is 9.69 Å². The highest BCUT2D eigenvalue weighted by molar-refractivity contribution is 6.40. The van der Waals surface area contributed by atoms with E-state index in [1.807, 2.05) is 12.1 Å². The molecule has 1 saturated heterocycles. The zero-order valence-corrected chi connectivity index (χ0v) is 21.8. The Balaban J connectivity index is 1.61. The van der Waals surface area contributed by atoms with Crippen molar-refractivity contribution in [3.05, 3.63) is 86.4 Å². The number of ether oxygens (including phenoxy) is 3. The van der Waals surface area contributed by atoms with E-state index in [9.17, 15) is 14.4 Å². The lowest BCUT2D eigenvalue weighted by Crippen LogP contribution is -2.54. The number of hydrogen-bond acceptors (Lipinski definition) is 6. The van der Waals surface area contributed by atoms with E-state index in [4.69, 9.17) is 49.0 Å². The number of nitrogens with one attached hydrogen (secondary N) is 1. The average Bonchev–Trinajstić information content (AvgIpc) is 2.87. The number of barbiturate groups is 1. The molecule has 1 aliphatic rings. The van der Waals surface area contributed by atoms with Crippen molar-refractivity contribution in [2.24, 2.45) is 0 Å². The van der Waals surface area contributed by atoms with E-state index in [1.165, 1.54) is 32.4 Å². The first-order valence-corrected chi connectivity index (χ1v) is 11.8. The third kappa shape index (κ3) is 5.67. The number of imide groups is 2. The van der Waals surface area contributed by atoms with Gasteiger partial charge in [-0.3, -0.25) is 14.9 Å². The molecule has 3 aromatic rings. The Morgan fingerprint density at radius 3 is 2.16 bits per heavy atom. The Labute approximate surface area is 227 Å². The van der Waals surface area contributed by atoms with Gasteiger partial charge in [0, 0.05) is 17.2 Å². The van der Waals surface area contributed by atoms with Crippen LogP contribution in [0.4, 0.5) is 10.5 Å². The van der Waals surface area contributed by atoms with E-state index < -0.39 is 17.8 Å². The van der Waals surface area contributed by atoms with Crippen LogP contribution in [0.5, 0.6) is 17.2 Å². The van der Waals surface area contributed by atoms with E-state index in [0.29, 0.717) is 16.3 Å². The van der Waals surface area contributed by atoms with Crippen LogP contribution in [0.3, 0.4) is 0 Å². The fourth-order valence-corrected chi connectivity index (χ4v) is 4.13. The summed E-state index contributed by atoms with van der Waals surface area (Å²) in [7, 11) is 2.74. The highest BCUT2D eigenvalue weighted by Gasteiger charge is 2.38. The molecule has 8 nitrogen and oxygen atoms in total. The molecule has 0 spiro atoms. The molecule has 0 atom stereocenters. The Kier molecular flexibility index (Phi) is 7.92. The molecular formula is C26H19Cl3N2O6. The zero-order valence-electron chi connectivity index (χ0n) is 19.5. The number of methoxy groups -OCH3 is 2. The van der Waals surface area contributed by atoms with Crippen LogP contribution in [0.25, 0.3) is 6.08 Å². The summed E-state index contributed by atoms with van der Waals surface area (Å²) in [6.07, 6.45) is 1.32. The maximum absolute atomic E-state index is 13.3. The van der Waals surface area contributed by atoms with Crippen molar-refractivity contribution in [2.45, 2.75) is 6.61 Å². The summed E-state index contributed by atoms with van der Waals surface area (Å²) in [5.74, 6) is -0.969. The molecular weight excluding hydrogens is 543 g/mol. The predicted molar refractivity (Wildman–Crippen MR) is 141 cm³/mol. The van der Waals surface area contributed by atoms with E-state index in [1.54, 1.807) is 30.3 Å². The molecule has 190 valence electrons. The quantitative estimate of drug-likeness (QED) is 0.285.